The lowest BCUT2D eigenvalue weighted by molar-refractivity contribution is 0.149. The van der Waals surface area contributed by atoms with E-state index in [2.05, 4.69) is 4.98 Å². The molecule has 3 N–H and O–H groups in total. The Bertz CT molecular complexity index is 360. The van der Waals surface area contributed by atoms with Crippen LogP contribution in [0.15, 0.2) is 10.9 Å². The van der Waals surface area contributed by atoms with Crippen molar-refractivity contribution in [1.29, 1.82) is 0 Å². The van der Waals surface area contributed by atoms with Crippen LogP contribution < -0.4 is 11.3 Å². The van der Waals surface area contributed by atoms with E-state index in [1.807, 2.05) is 0 Å². The molecule has 0 aliphatic heterocycles. The summed E-state index contributed by atoms with van der Waals surface area (Å²) in [5.41, 5.74) is 5.01. The van der Waals surface area contributed by atoms with Gasteiger partial charge in [0.15, 0.2) is 0 Å². The molecule has 0 saturated heterocycles. The van der Waals surface area contributed by atoms with Crippen LogP contribution in [-0.4, -0.2) is 4.98 Å². The van der Waals surface area contributed by atoms with Crippen LogP contribution in [0.3, 0.4) is 0 Å². The van der Waals surface area contributed by atoms with Gasteiger partial charge in [0.1, 0.15) is 0 Å². The van der Waals surface area contributed by atoms with Crippen molar-refractivity contribution in [2.45, 2.75) is 19.9 Å². The predicted molar refractivity (Wildman–Crippen MR) is 44.6 cm³/mol. The van der Waals surface area contributed by atoms with Crippen molar-refractivity contribution >= 4 is 0 Å². The lowest BCUT2D eigenvalue weighted by Gasteiger charge is -2.06. The minimum absolute atomic E-state index is 0.0881. The summed E-state index contributed by atoms with van der Waals surface area (Å²) in [7, 11) is 0. The zero-order valence-electron chi connectivity index (χ0n) is 7.10. The van der Waals surface area contributed by atoms with Gasteiger partial charge in [-0.1, -0.05) is 0 Å². The third-order valence-electron chi connectivity index (χ3n) is 1.78. The first-order valence-corrected chi connectivity index (χ1v) is 3.77. The number of hydrogen-bond acceptors (Lipinski definition) is 2. The molecule has 0 fully saturated rings. The number of halogens is 2. The summed E-state index contributed by atoms with van der Waals surface area (Å²) in [6.07, 6.45) is -2.60. The molecular formula is C8H10F2N2O. The summed E-state index contributed by atoms with van der Waals surface area (Å²) in [6, 6.07) is 1.17. The van der Waals surface area contributed by atoms with Gasteiger partial charge < -0.3 is 10.7 Å². The van der Waals surface area contributed by atoms with Gasteiger partial charge in [0.25, 0.3) is 12.0 Å². The molecule has 1 heterocycles. The Morgan fingerprint density at radius 3 is 2.69 bits per heavy atom. The maximum Gasteiger partial charge on any atom is 0.265 e. The van der Waals surface area contributed by atoms with E-state index in [4.69, 9.17) is 5.73 Å². The van der Waals surface area contributed by atoms with E-state index in [9.17, 15) is 13.6 Å². The first-order chi connectivity index (χ1) is 6.06. The number of aryl methyl sites for hydroxylation is 1. The molecule has 0 aliphatic rings. The van der Waals surface area contributed by atoms with Gasteiger partial charge in [-0.05, 0) is 13.0 Å². The monoisotopic (exact) mass is 188 g/mol. The number of hydrogen-bond donors (Lipinski definition) is 2. The molecule has 72 valence electrons. The van der Waals surface area contributed by atoms with Crippen molar-refractivity contribution in [3.8, 4) is 0 Å². The molecule has 0 radical (unpaired) electrons. The highest BCUT2D eigenvalue weighted by Gasteiger charge is 2.13. The van der Waals surface area contributed by atoms with Crippen molar-refractivity contribution in [2.24, 2.45) is 5.73 Å². The van der Waals surface area contributed by atoms with Crippen LogP contribution in [0, 0.1) is 6.92 Å². The van der Waals surface area contributed by atoms with E-state index < -0.39 is 6.43 Å². The number of nitrogens with one attached hydrogen (secondary N) is 1. The molecule has 1 aromatic rings. The molecule has 5 heteroatoms. The molecule has 1 aromatic heterocycles. The molecule has 3 nitrogen and oxygen atoms in total. The zero-order chi connectivity index (χ0) is 10.0. The summed E-state index contributed by atoms with van der Waals surface area (Å²) in [5, 5.41) is 0. The van der Waals surface area contributed by atoms with E-state index in [0.717, 1.165) is 0 Å². The van der Waals surface area contributed by atoms with Gasteiger partial charge >= 0.3 is 0 Å². The third kappa shape index (κ3) is 1.92. The summed E-state index contributed by atoms with van der Waals surface area (Å²) in [4.78, 5) is 13.3. The topological polar surface area (TPSA) is 58.9 Å². The average Bonchev–Trinajstić information content (AvgIpc) is 2.08. The minimum atomic E-state index is -2.60. The standard InChI is InChI=1S/C8H10F2N2O/c1-4-2-5(7(9)10)6(3-11)12-8(4)13/h2,7H,3,11H2,1H3,(H,12,13). The molecular weight excluding hydrogens is 178 g/mol. The highest BCUT2D eigenvalue weighted by molar-refractivity contribution is 5.25. The first-order valence-electron chi connectivity index (χ1n) is 3.77. The summed E-state index contributed by atoms with van der Waals surface area (Å²) in [5.74, 6) is 0. The molecule has 13 heavy (non-hydrogen) atoms. The Balaban J connectivity index is 3.33. The summed E-state index contributed by atoms with van der Waals surface area (Å²) in [6.45, 7) is 1.39. The van der Waals surface area contributed by atoms with Crippen molar-refractivity contribution in [3.63, 3.8) is 0 Å². The molecule has 1 rings (SSSR count). The molecule has 0 unspecified atom stereocenters. The smallest absolute Gasteiger partial charge is 0.265 e. The van der Waals surface area contributed by atoms with Gasteiger partial charge in [-0.2, -0.15) is 0 Å². The van der Waals surface area contributed by atoms with Gasteiger partial charge in [-0.25, -0.2) is 8.78 Å². The lowest BCUT2D eigenvalue weighted by Crippen LogP contribution is -2.17. The van der Waals surface area contributed by atoms with E-state index in [1.165, 1.54) is 13.0 Å². The lowest BCUT2D eigenvalue weighted by atomic mass is 10.1. The molecule has 0 saturated carbocycles. The Hall–Kier alpha value is -1.23. The fourth-order valence-corrected chi connectivity index (χ4v) is 1.06. The van der Waals surface area contributed by atoms with Crippen LogP contribution in [0.5, 0.6) is 0 Å². The molecule has 0 aromatic carbocycles. The van der Waals surface area contributed by atoms with Crippen molar-refractivity contribution < 1.29 is 8.78 Å². The molecule has 0 spiro atoms. The number of nitrogens with two attached hydrogens (primary N) is 1. The largest absolute Gasteiger partial charge is 0.325 e. The van der Waals surface area contributed by atoms with E-state index in [-0.39, 0.29) is 28.9 Å². The zero-order valence-corrected chi connectivity index (χ0v) is 7.10. The van der Waals surface area contributed by atoms with Gasteiger partial charge in [0.05, 0.1) is 0 Å². The van der Waals surface area contributed by atoms with Crippen LogP contribution in [-0.2, 0) is 6.54 Å². The van der Waals surface area contributed by atoms with Crippen LogP contribution >= 0.6 is 0 Å². The van der Waals surface area contributed by atoms with Crippen LogP contribution in [0.1, 0.15) is 23.2 Å². The van der Waals surface area contributed by atoms with Crippen molar-refractivity contribution in [2.75, 3.05) is 0 Å². The number of pyridine rings is 1. The molecule has 0 bridgehead atoms. The predicted octanol–water partition coefficient (Wildman–Crippen LogP) is 1.08. The van der Waals surface area contributed by atoms with Gasteiger partial charge in [0.2, 0.25) is 0 Å². The maximum absolute atomic E-state index is 12.3. The second-order valence-electron chi connectivity index (χ2n) is 2.72. The van der Waals surface area contributed by atoms with Gasteiger partial charge in [-0.15, -0.1) is 0 Å². The van der Waals surface area contributed by atoms with Crippen LogP contribution in [0.25, 0.3) is 0 Å². The molecule has 0 atom stereocenters. The maximum atomic E-state index is 12.3. The Morgan fingerprint density at radius 2 is 2.23 bits per heavy atom. The normalized spacial score (nSPS) is 10.8. The Kier molecular flexibility index (Phi) is 2.77. The SMILES string of the molecule is Cc1cc(C(F)F)c(CN)[nH]c1=O. The second-order valence-corrected chi connectivity index (χ2v) is 2.72. The highest BCUT2D eigenvalue weighted by Crippen LogP contribution is 2.20. The second kappa shape index (κ2) is 3.66. The van der Waals surface area contributed by atoms with Gasteiger partial charge in [0, 0.05) is 23.4 Å². The number of aromatic nitrogens is 1. The Morgan fingerprint density at radius 1 is 1.62 bits per heavy atom. The quantitative estimate of drug-likeness (QED) is 0.729. The summed E-state index contributed by atoms with van der Waals surface area (Å²) < 4.78 is 24.7. The van der Waals surface area contributed by atoms with Crippen LogP contribution in [0.2, 0.25) is 0 Å². The average molecular weight is 188 g/mol. The van der Waals surface area contributed by atoms with Gasteiger partial charge in [-0.3, -0.25) is 4.79 Å². The minimum Gasteiger partial charge on any atom is -0.325 e. The number of aromatic amines is 1. The summed E-state index contributed by atoms with van der Waals surface area (Å²) >= 11 is 0. The number of alkyl halides is 2. The Labute approximate surface area is 73.6 Å². The highest BCUT2D eigenvalue weighted by atomic mass is 19.3. The third-order valence-corrected chi connectivity index (χ3v) is 1.78. The van der Waals surface area contributed by atoms with Crippen molar-refractivity contribution in [3.05, 3.63) is 33.2 Å². The van der Waals surface area contributed by atoms with Crippen molar-refractivity contribution in [1.82, 2.24) is 4.98 Å². The van der Waals surface area contributed by atoms with E-state index in [1.54, 1.807) is 0 Å². The molecule has 0 amide bonds. The fraction of sp³-hybridized carbons (Fsp3) is 0.375. The molecule has 0 aliphatic carbocycles. The van der Waals surface area contributed by atoms with Crippen LogP contribution in [0.4, 0.5) is 8.78 Å². The van der Waals surface area contributed by atoms with E-state index in [0.29, 0.717) is 0 Å². The van der Waals surface area contributed by atoms with E-state index >= 15 is 0 Å². The first kappa shape index (κ1) is 9.85. The fourth-order valence-electron chi connectivity index (χ4n) is 1.06. The number of H-pyrrole nitrogens is 1. The number of rotatable bonds is 2.